The number of nitrogens with one attached hydrogen (secondary N) is 2. The largest absolute Gasteiger partial charge is 0.354 e. The van der Waals surface area contributed by atoms with Crippen LogP contribution in [0.3, 0.4) is 0 Å². The van der Waals surface area contributed by atoms with Gasteiger partial charge in [-0.2, -0.15) is 11.8 Å². The van der Waals surface area contributed by atoms with E-state index in [1.807, 2.05) is 25.9 Å². The van der Waals surface area contributed by atoms with Crippen molar-refractivity contribution in [3.05, 3.63) is 0 Å². The summed E-state index contributed by atoms with van der Waals surface area (Å²) < 4.78 is 0. The molecule has 1 saturated heterocycles. The second-order valence-electron chi connectivity index (χ2n) is 5.41. The predicted molar refractivity (Wildman–Crippen MR) is 89.0 cm³/mol. The first-order valence-electron chi connectivity index (χ1n) is 6.17. The van der Waals surface area contributed by atoms with Crippen LogP contribution in [0.4, 0.5) is 0 Å². The average Bonchev–Trinajstić information content (AvgIpc) is 2.28. The number of carbonyl (C=O) groups is 1. The third-order valence-corrected chi connectivity index (χ3v) is 4.49. The Morgan fingerprint density at radius 2 is 2.05 bits per heavy atom. The number of thioether (sulfide) groups is 1. The fourth-order valence-electron chi connectivity index (χ4n) is 1.52. The minimum absolute atomic E-state index is 0. The van der Waals surface area contributed by atoms with Crippen molar-refractivity contribution in [2.75, 3.05) is 38.7 Å². The lowest BCUT2D eigenvalue weighted by Crippen LogP contribution is -2.49. The Labute approximate surface area is 133 Å². The highest BCUT2D eigenvalue weighted by molar-refractivity contribution is 7.99. The first kappa shape index (κ1) is 21.6. The summed E-state index contributed by atoms with van der Waals surface area (Å²) in [4.78, 5) is 13.9. The van der Waals surface area contributed by atoms with Crippen LogP contribution >= 0.6 is 36.6 Å². The molecular weight excluding hydrogens is 305 g/mol. The Hall–Kier alpha value is 0.320. The van der Waals surface area contributed by atoms with E-state index in [4.69, 9.17) is 0 Å². The number of carbonyl (C=O) groups excluding carboxylic acids is 1. The van der Waals surface area contributed by atoms with Crippen molar-refractivity contribution in [3.63, 3.8) is 0 Å². The summed E-state index contributed by atoms with van der Waals surface area (Å²) >= 11 is 1.92. The quantitative estimate of drug-likeness (QED) is 0.798. The van der Waals surface area contributed by atoms with Gasteiger partial charge in [0.1, 0.15) is 0 Å². The lowest BCUT2D eigenvalue weighted by atomic mass is 10.0. The minimum Gasteiger partial charge on any atom is -0.354 e. The van der Waals surface area contributed by atoms with Gasteiger partial charge in [0.15, 0.2) is 0 Å². The fraction of sp³-hybridized carbons (Fsp3) is 0.917. The zero-order valence-corrected chi connectivity index (χ0v) is 14.6. The Morgan fingerprint density at radius 1 is 1.42 bits per heavy atom. The van der Waals surface area contributed by atoms with Gasteiger partial charge in [0.05, 0.1) is 0 Å². The van der Waals surface area contributed by atoms with Gasteiger partial charge >= 0.3 is 0 Å². The highest BCUT2D eigenvalue weighted by atomic mass is 35.5. The molecule has 1 aliphatic heterocycles. The molecule has 0 aromatic heterocycles. The standard InChI is InChI=1S/C12H25N3OS.2ClH/c1-12(2,15(3)4)9-14-11(16)7-10-8-17-6-5-13-10;;/h10,13H,5-9H2,1-4H3,(H,14,16);2*1H. The van der Waals surface area contributed by atoms with Crippen molar-refractivity contribution in [2.45, 2.75) is 31.8 Å². The number of halogens is 2. The van der Waals surface area contributed by atoms with Gasteiger partial charge in [0.2, 0.25) is 5.91 Å². The second-order valence-corrected chi connectivity index (χ2v) is 6.56. The molecule has 0 saturated carbocycles. The summed E-state index contributed by atoms with van der Waals surface area (Å²) in [5.41, 5.74) is 0.00437. The number of rotatable bonds is 5. The summed E-state index contributed by atoms with van der Waals surface area (Å²) in [6.45, 7) is 5.97. The topological polar surface area (TPSA) is 44.4 Å². The maximum Gasteiger partial charge on any atom is 0.221 e. The van der Waals surface area contributed by atoms with Gasteiger partial charge in [-0.05, 0) is 27.9 Å². The summed E-state index contributed by atoms with van der Waals surface area (Å²) in [6, 6.07) is 0.344. The maximum absolute atomic E-state index is 11.8. The number of hydrogen-bond donors (Lipinski definition) is 2. The van der Waals surface area contributed by atoms with Gasteiger partial charge in [0.25, 0.3) is 0 Å². The highest BCUT2D eigenvalue weighted by Gasteiger charge is 2.22. The van der Waals surface area contributed by atoms with E-state index >= 15 is 0 Å². The Bertz CT molecular complexity index is 259. The van der Waals surface area contributed by atoms with Crippen LogP contribution in [-0.2, 0) is 4.79 Å². The van der Waals surface area contributed by atoms with Gasteiger partial charge in [-0.1, -0.05) is 0 Å². The first-order valence-corrected chi connectivity index (χ1v) is 7.32. The molecule has 1 heterocycles. The van der Waals surface area contributed by atoms with Crippen LogP contribution in [-0.4, -0.2) is 61.1 Å². The molecule has 116 valence electrons. The van der Waals surface area contributed by atoms with E-state index < -0.39 is 0 Å². The summed E-state index contributed by atoms with van der Waals surface area (Å²) in [7, 11) is 4.07. The minimum atomic E-state index is 0. The van der Waals surface area contributed by atoms with Crippen LogP contribution in [0.15, 0.2) is 0 Å². The Kier molecular flexibility index (Phi) is 11.5. The number of likely N-dealkylation sites (N-methyl/N-ethyl adjacent to an activating group) is 1. The molecule has 1 unspecified atom stereocenters. The van der Waals surface area contributed by atoms with Crippen LogP contribution in [0.1, 0.15) is 20.3 Å². The molecule has 1 fully saturated rings. The number of hydrogen-bond acceptors (Lipinski definition) is 4. The molecule has 0 aromatic carbocycles. The summed E-state index contributed by atoms with van der Waals surface area (Å²) in [5, 5.41) is 6.40. The van der Waals surface area contributed by atoms with Crippen molar-refractivity contribution in [2.24, 2.45) is 0 Å². The second kappa shape index (κ2) is 10.1. The summed E-state index contributed by atoms with van der Waals surface area (Å²) in [5.74, 6) is 2.36. The van der Waals surface area contributed by atoms with Crippen molar-refractivity contribution >= 4 is 42.5 Å². The Balaban J connectivity index is 0. The average molecular weight is 332 g/mol. The van der Waals surface area contributed by atoms with E-state index in [9.17, 15) is 4.79 Å². The van der Waals surface area contributed by atoms with Crippen molar-refractivity contribution < 1.29 is 4.79 Å². The van der Waals surface area contributed by atoms with E-state index in [0.29, 0.717) is 19.0 Å². The van der Waals surface area contributed by atoms with Crippen LogP contribution in [0.25, 0.3) is 0 Å². The van der Waals surface area contributed by atoms with Crippen molar-refractivity contribution in [3.8, 4) is 0 Å². The van der Waals surface area contributed by atoms with E-state index in [1.165, 1.54) is 0 Å². The lowest BCUT2D eigenvalue weighted by molar-refractivity contribution is -0.122. The van der Waals surface area contributed by atoms with Crippen molar-refractivity contribution in [1.82, 2.24) is 15.5 Å². The molecule has 0 spiro atoms. The zero-order valence-electron chi connectivity index (χ0n) is 12.2. The molecule has 1 aliphatic rings. The molecule has 0 aromatic rings. The SMILES string of the molecule is CN(C)C(C)(C)CNC(=O)CC1CSCCN1.Cl.Cl. The molecule has 7 heteroatoms. The van der Waals surface area contributed by atoms with Gasteiger partial charge in [0, 0.05) is 42.6 Å². The zero-order chi connectivity index (χ0) is 12.9. The molecule has 0 bridgehead atoms. The van der Waals surface area contributed by atoms with Crippen LogP contribution in [0.5, 0.6) is 0 Å². The van der Waals surface area contributed by atoms with Crippen LogP contribution < -0.4 is 10.6 Å². The van der Waals surface area contributed by atoms with E-state index in [1.54, 1.807) is 0 Å². The van der Waals surface area contributed by atoms with Gasteiger partial charge in [-0.25, -0.2) is 0 Å². The van der Waals surface area contributed by atoms with Crippen LogP contribution in [0, 0.1) is 0 Å². The molecule has 0 aliphatic carbocycles. The molecule has 1 rings (SSSR count). The van der Waals surface area contributed by atoms with Gasteiger partial charge < -0.3 is 15.5 Å². The van der Waals surface area contributed by atoms with E-state index in [2.05, 4.69) is 29.4 Å². The van der Waals surface area contributed by atoms with Crippen LogP contribution in [0.2, 0.25) is 0 Å². The highest BCUT2D eigenvalue weighted by Crippen LogP contribution is 2.11. The predicted octanol–water partition coefficient (Wildman–Crippen LogP) is 1.38. The monoisotopic (exact) mass is 331 g/mol. The lowest BCUT2D eigenvalue weighted by Gasteiger charge is -2.33. The molecule has 0 radical (unpaired) electrons. The molecule has 4 nitrogen and oxygen atoms in total. The smallest absolute Gasteiger partial charge is 0.221 e. The molecule has 2 N–H and O–H groups in total. The number of amides is 1. The van der Waals surface area contributed by atoms with E-state index in [-0.39, 0.29) is 36.3 Å². The third kappa shape index (κ3) is 8.25. The molecule has 19 heavy (non-hydrogen) atoms. The fourth-order valence-corrected chi connectivity index (χ4v) is 2.47. The van der Waals surface area contributed by atoms with Gasteiger partial charge in [-0.15, -0.1) is 24.8 Å². The molecule has 1 atom stereocenters. The first-order chi connectivity index (χ1) is 7.92. The normalized spacial score (nSPS) is 19.3. The number of nitrogens with zero attached hydrogens (tertiary/aromatic N) is 1. The molecule has 1 amide bonds. The van der Waals surface area contributed by atoms with Gasteiger partial charge in [-0.3, -0.25) is 4.79 Å². The Morgan fingerprint density at radius 3 is 2.53 bits per heavy atom. The molecular formula is C12H27Cl2N3OS. The summed E-state index contributed by atoms with van der Waals surface area (Å²) in [6.07, 6.45) is 0.594. The van der Waals surface area contributed by atoms with Crippen molar-refractivity contribution in [1.29, 1.82) is 0 Å². The third-order valence-electron chi connectivity index (χ3n) is 3.36. The maximum atomic E-state index is 11.8. The van der Waals surface area contributed by atoms with E-state index in [0.717, 1.165) is 18.1 Å².